The first-order valence-corrected chi connectivity index (χ1v) is 6.44. The van der Waals surface area contributed by atoms with Crippen molar-refractivity contribution in [3.63, 3.8) is 0 Å². The van der Waals surface area contributed by atoms with Crippen LogP contribution in [0, 0.1) is 11.6 Å². The lowest BCUT2D eigenvalue weighted by atomic mass is 10.0. The molecule has 1 aromatic rings. The van der Waals surface area contributed by atoms with Crippen molar-refractivity contribution in [3.8, 4) is 0 Å². The number of morpholine rings is 1. The number of aromatic amines is 1. The lowest BCUT2D eigenvalue weighted by Gasteiger charge is -2.28. The van der Waals surface area contributed by atoms with Crippen molar-refractivity contribution >= 4 is 18.2 Å². The van der Waals surface area contributed by atoms with Gasteiger partial charge in [-0.15, -0.1) is 0 Å². The van der Waals surface area contributed by atoms with Crippen molar-refractivity contribution in [3.05, 3.63) is 15.9 Å². The molecule has 1 aromatic heterocycles. The summed E-state index contributed by atoms with van der Waals surface area (Å²) < 4.78 is 6.05. The molecule has 0 radical (unpaired) electrons. The number of ether oxygens (including phenoxy) is 1. The number of hydrogen-bond donors (Lipinski definition) is 1. The molecule has 1 aliphatic rings. The molecule has 5 heteroatoms. The maximum Gasteiger partial charge on any atom is 0.204 e. The second-order valence-corrected chi connectivity index (χ2v) is 5.05. The molecule has 2 heterocycles. The van der Waals surface area contributed by atoms with Gasteiger partial charge in [0.25, 0.3) is 0 Å². The summed E-state index contributed by atoms with van der Waals surface area (Å²) in [5.74, 6) is 1.28. The fourth-order valence-electron chi connectivity index (χ4n) is 2.18. The normalized spacial score (nSPS) is 16.6. The average Bonchev–Trinajstić information content (AvgIpc) is 2.28. The molecule has 1 aliphatic heterocycles. The Morgan fingerprint density at radius 2 is 2.00 bits per heavy atom. The Balaban J connectivity index is 2.34. The van der Waals surface area contributed by atoms with E-state index < -0.39 is 0 Å². The maximum absolute atomic E-state index is 5.38. The monoisotopic (exact) mass is 253 g/mol. The van der Waals surface area contributed by atoms with Crippen molar-refractivity contribution < 1.29 is 4.74 Å². The Bertz CT molecular complexity index is 450. The summed E-state index contributed by atoms with van der Waals surface area (Å²) in [6, 6.07) is 0. The van der Waals surface area contributed by atoms with Crippen LogP contribution in [-0.4, -0.2) is 36.3 Å². The van der Waals surface area contributed by atoms with E-state index in [9.17, 15) is 0 Å². The number of rotatable bonds is 2. The summed E-state index contributed by atoms with van der Waals surface area (Å²) in [7, 11) is 0. The summed E-state index contributed by atoms with van der Waals surface area (Å²) >= 11 is 5.38. The Morgan fingerprint density at radius 3 is 2.53 bits per heavy atom. The van der Waals surface area contributed by atoms with Gasteiger partial charge in [0.1, 0.15) is 4.64 Å². The molecule has 0 saturated carbocycles. The van der Waals surface area contributed by atoms with E-state index in [1.165, 1.54) is 0 Å². The number of aryl methyl sites for hydroxylation is 1. The van der Waals surface area contributed by atoms with E-state index in [2.05, 4.69) is 35.6 Å². The van der Waals surface area contributed by atoms with Crippen LogP contribution in [0.3, 0.4) is 0 Å². The molecule has 4 nitrogen and oxygen atoms in total. The van der Waals surface area contributed by atoms with Crippen molar-refractivity contribution in [1.82, 2.24) is 9.97 Å². The summed E-state index contributed by atoms with van der Waals surface area (Å²) in [6.45, 7) is 9.61. The van der Waals surface area contributed by atoms with Gasteiger partial charge in [-0.2, -0.15) is 0 Å². The SMILES string of the molecule is Cc1[nH]c(N2CCOCC2)nc(=S)c1C(C)C. The van der Waals surface area contributed by atoms with Gasteiger partial charge in [0.15, 0.2) is 0 Å². The van der Waals surface area contributed by atoms with Gasteiger partial charge in [0.2, 0.25) is 5.95 Å². The molecule has 2 rings (SSSR count). The van der Waals surface area contributed by atoms with Crippen LogP contribution in [-0.2, 0) is 4.74 Å². The van der Waals surface area contributed by atoms with E-state index >= 15 is 0 Å². The fraction of sp³-hybridized carbons (Fsp3) is 0.667. The lowest BCUT2D eigenvalue weighted by molar-refractivity contribution is 0.122. The first-order valence-electron chi connectivity index (χ1n) is 6.03. The molecule has 1 fully saturated rings. The van der Waals surface area contributed by atoms with Crippen LogP contribution in [0.5, 0.6) is 0 Å². The van der Waals surface area contributed by atoms with Gasteiger partial charge in [-0.25, -0.2) is 4.98 Å². The van der Waals surface area contributed by atoms with Gasteiger partial charge in [-0.3, -0.25) is 0 Å². The third kappa shape index (κ3) is 2.66. The van der Waals surface area contributed by atoms with Gasteiger partial charge < -0.3 is 14.6 Å². The standard InChI is InChI=1S/C12H19N3OS/c1-8(2)10-9(3)13-12(14-11(10)17)15-4-6-16-7-5-15/h8H,4-7H2,1-3H3,(H,13,14,17). The first-order chi connectivity index (χ1) is 8.09. The van der Waals surface area contributed by atoms with Gasteiger partial charge in [0, 0.05) is 24.3 Å². The Hall–Kier alpha value is -0.940. The molecule has 0 unspecified atom stereocenters. The predicted octanol–water partition coefficient (Wildman–Crippen LogP) is 2.41. The fourth-order valence-corrected chi connectivity index (χ4v) is 2.66. The van der Waals surface area contributed by atoms with E-state index in [1.54, 1.807) is 0 Å². The maximum atomic E-state index is 5.38. The van der Waals surface area contributed by atoms with Crippen molar-refractivity contribution in [2.24, 2.45) is 0 Å². The van der Waals surface area contributed by atoms with Crippen LogP contribution in [0.15, 0.2) is 0 Å². The highest BCUT2D eigenvalue weighted by Gasteiger charge is 2.15. The lowest BCUT2D eigenvalue weighted by Crippen LogP contribution is -2.37. The molecule has 0 bridgehead atoms. The van der Waals surface area contributed by atoms with Crippen molar-refractivity contribution in [2.75, 3.05) is 31.2 Å². The Morgan fingerprint density at radius 1 is 1.35 bits per heavy atom. The molecule has 0 atom stereocenters. The smallest absolute Gasteiger partial charge is 0.204 e. The van der Waals surface area contributed by atoms with Crippen molar-refractivity contribution in [1.29, 1.82) is 0 Å². The zero-order chi connectivity index (χ0) is 12.4. The van der Waals surface area contributed by atoms with Crippen LogP contribution in [0.25, 0.3) is 0 Å². The van der Waals surface area contributed by atoms with Crippen molar-refractivity contribution in [2.45, 2.75) is 26.7 Å². The van der Waals surface area contributed by atoms with E-state index in [4.69, 9.17) is 17.0 Å². The largest absolute Gasteiger partial charge is 0.378 e. The van der Waals surface area contributed by atoms with Gasteiger partial charge in [-0.1, -0.05) is 26.1 Å². The molecule has 0 aliphatic carbocycles. The summed E-state index contributed by atoms with van der Waals surface area (Å²) in [6.07, 6.45) is 0. The van der Waals surface area contributed by atoms with E-state index in [1.807, 2.05) is 0 Å². The zero-order valence-corrected chi connectivity index (χ0v) is 11.4. The number of H-pyrrole nitrogens is 1. The van der Waals surface area contributed by atoms with Gasteiger partial charge in [-0.05, 0) is 12.8 Å². The third-order valence-electron chi connectivity index (χ3n) is 3.03. The Kier molecular flexibility index (Phi) is 3.79. The summed E-state index contributed by atoms with van der Waals surface area (Å²) in [5, 5.41) is 0. The highest BCUT2D eigenvalue weighted by molar-refractivity contribution is 7.71. The van der Waals surface area contributed by atoms with Gasteiger partial charge in [0.05, 0.1) is 13.2 Å². The molecule has 0 amide bonds. The number of anilines is 1. The molecule has 0 aromatic carbocycles. The van der Waals surface area contributed by atoms with E-state index in [0.717, 1.165) is 48.1 Å². The predicted molar refractivity (Wildman–Crippen MR) is 71.3 cm³/mol. The van der Waals surface area contributed by atoms with Crippen LogP contribution in [0.2, 0.25) is 0 Å². The summed E-state index contributed by atoms with van der Waals surface area (Å²) in [5.41, 5.74) is 2.28. The minimum atomic E-state index is 0.407. The van der Waals surface area contributed by atoms with E-state index in [0.29, 0.717) is 5.92 Å². The Labute approximate surface area is 107 Å². The number of nitrogens with zero attached hydrogens (tertiary/aromatic N) is 2. The van der Waals surface area contributed by atoms with Crippen LogP contribution in [0.1, 0.15) is 31.0 Å². The average molecular weight is 253 g/mol. The molecular weight excluding hydrogens is 234 g/mol. The number of hydrogen-bond acceptors (Lipinski definition) is 4. The van der Waals surface area contributed by atoms with Gasteiger partial charge >= 0.3 is 0 Å². The quantitative estimate of drug-likeness (QED) is 0.822. The molecular formula is C12H19N3OS. The molecule has 94 valence electrons. The highest BCUT2D eigenvalue weighted by Crippen LogP contribution is 2.21. The van der Waals surface area contributed by atoms with E-state index in [-0.39, 0.29) is 0 Å². The van der Waals surface area contributed by atoms with Crippen LogP contribution >= 0.6 is 12.2 Å². The molecule has 17 heavy (non-hydrogen) atoms. The number of aromatic nitrogens is 2. The third-order valence-corrected chi connectivity index (χ3v) is 3.34. The molecule has 1 N–H and O–H groups in total. The number of nitrogens with one attached hydrogen (secondary N) is 1. The zero-order valence-electron chi connectivity index (χ0n) is 10.6. The second kappa shape index (κ2) is 5.14. The second-order valence-electron chi connectivity index (χ2n) is 4.66. The highest BCUT2D eigenvalue weighted by atomic mass is 32.1. The minimum absolute atomic E-state index is 0.407. The summed E-state index contributed by atoms with van der Waals surface area (Å²) in [4.78, 5) is 10.1. The van der Waals surface area contributed by atoms with Crippen LogP contribution < -0.4 is 4.90 Å². The molecule has 0 spiro atoms. The topological polar surface area (TPSA) is 41.2 Å². The first kappa shape index (κ1) is 12.5. The minimum Gasteiger partial charge on any atom is -0.378 e. The van der Waals surface area contributed by atoms with Crippen LogP contribution in [0.4, 0.5) is 5.95 Å². The molecule has 1 saturated heterocycles.